The van der Waals surface area contributed by atoms with E-state index >= 15 is 0 Å². The third-order valence-electron chi connectivity index (χ3n) is 2.01. The molecule has 0 spiro atoms. The third-order valence-corrected chi connectivity index (χ3v) is 2.57. The molecule has 1 aromatic rings. The van der Waals surface area contributed by atoms with Crippen LogP contribution in [0.4, 0.5) is 0 Å². The third kappa shape index (κ3) is 2.85. The SMILES string of the molecule is CCC(NOC)c1ccc(Cl)cc1Cl. The highest BCUT2D eigenvalue weighted by atomic mass is 35.5. The molecule has 0 bridgehead atoms. The zero-order valence-corrected chi connectivity index (χ0v) is 9.69. The Morgan fingerprint density at radius 3 is 2.64 bits per heavy atom. The fraction of sp³-hybridized carbons (Fsp3) is 0.400. The maximum absolute atomic E-state index is 6.06. The van der Waals surface area contributed by atoms with Crippen LogP contribution in [0.25, 0.3) is 0 Å². The van der Waals surface area contributed by atoms with Gasteiger partial charge in [0.25, 0.3) is 0 Å². The van der Waals surface area contributed by atoms with E-state index in [4.69, 9.17) is 28.0 Å². The summed E-state index contributed by atoms with van der Waals surface area (Å²) in [4.78, 5) is 4.89. The van der Waals surface area contributed by atoms with Crippen molar-refractivity contribution in [1.82, 2.24) is 5.48 Å². The van der Waals surface area contributed by atoms with Crippen molar-refractivity contribution in [3.63, 3.8) is 0 Å². The Hall–Kier alpha value is -0.280. The standard InChI is InChI=1S/C10H13Cl2NO/c1-3-10(13-14-2)8-5-4-7(11)6-9(8)12/h4-6,10,13H,3H2,1-2H3. The van der Waals surface area contributed by atoms with Gasteiger partial charge < -0.3 is 4.84 Å². The lowest BCUT2D eigenvalue weighted by Gasteiger charge is -2.16. The molecule has 1 unspecified atom stereocenters. The summed E-state index contributed by atoms with van der Waals surface area (Å²) in [5, 5.41) is 1.31. The van der Waals surface area contributed by atoms with Crippen LogP contribution in [0.15, 0.2) is 18.2 Å². The first kappa shape index (κ1) is 11.8. The van der Waals surface area contributed by atoms with Crippen LogP contribution in [0.2, 0.25) is 10.0 Å². The van der Waals surface area contributed by atoms with Crippen molar-refractivity contribution in [1.29, 1.82) is 0 Å². The Labute approximate surface area is 94.1 Å². The molecule has 0 amide bonds. The number of nitrogens with one attached hydrogen (secondary N) is 1. The molecule has 0 radical (unpaired) electrons. The Morgan fingerprint density at radius 2 is 2.14 bits per heavy atom. The Kier molecular flexibility index (Phi) is 4.69. The first-order valence-electron chi connectivity index (χ1n) is 4.42. The van der Waals surface area contributed by atoms with Gasteiger partial charge in [-0.15, -0.1) is 0 Å². The van der Waals surface area contributed by atoms with Gasteiger partial charge in [0.2, 0.25) is 0 Å². The van der Waals surface area contributed by atoms with Crippen LogP contribution in [0.3, 0.4) is 0 Å². The molecule has 14 heavy (non-hydrogen) atoms. The van der Waals surface area contributed by atoms with Crippen LogP contribution in [-0.2, 0) is 4.84 Å². The van der Waals surface area contributed by atoms with E-state index in [0.29, 0.717) is 10.0 Å². The molecule has 0 saturated heterocycles. The summed E-state index contributed by atoms with van der Waals surface area (Å²) in [7, 11) is 1.59. The smallest absolute Gasteiger partial charge is 0.0583 e. The zero-order valence-electron chi connectivity index (χ0n) is 8.18. The average molecular weight is 234 g/mol. The molecular weight excluding hydrogens is 221 g/mol. The van der Waals surface area contributed by atoms with E-state index in [1.54, 1.807) is 13.2 Å². The Morgan fingerprint density at radius 1 is 1.43 bits per heavy atom. The molecule has 0 heterocycles. The van der Waals surface area contributed by atoms with Crippen LogP contribution >= 0.6 is 23.2 Å². The molecule has 4 heteroatoms. The van der Waals surface area contributed by atoms with Crippen LogP contribution in [0.5, 0.6) is 0 Å². The van der Waals surface area contributed by atoms with E-state index in [1.807, 2.05) is 12.1 Å². The second kappa shape index (κ2) is 5.56. The van der Waals surface area contributed by atoms with Gasteiger partial charge >= 0.3 is 0 Å². The predicted molar refractivity (Wildman–Crippen MR) is 59.6 cm³/mol. The summed E-state index contributed by atoms with van der Waals surface area (Å²) >= 11 is 11.9. The lowest BCUT2D eigenvalue weighted by molar-refractivity contribution is 0.0593. The van der Waals surface area contributed by atoms with E-state index in [1.165, 1.54) is 0 Å². The first-order valence-corrected chi connectivity index (χ1v) is 5.18. The minimum atomic E-state index is 0.102. The zero-order chi connectivity index (χ0) is 10.6. The fourth-order valence-electron chi connectivity index (χ4n) is 1.29. The second-order valence-electron chi connectivity index (χ2n) is 2.95. The van der Waals surface area contributed by atoms with Crippen molar-refractivity contribution in [2.24, 2.45) is 0 Å². The molecular formula is C10H13Cl2NO. The number of halogens is 2. The molecule has 0 fully saturated rings. The number of hydrogen-bond donors (Lipinski definition) is 1. The van der Waals surface area contributed by atoms with Crippen LogP contribution in [0.1, 0.15) is 24.9 Å². The summed E-state index contributed by atoms with van der Waals surface area (Å²) < 4.78 is 0. The normalized spacial score (nSPS) is 12.9. The first-order chi connectivity index (χ1) is 6.69. The van der Waals surface area contributed by atoms with Gasteiger partial charge in [0, 0.05) is 10.0 Å². The maximum Gasteiger partial charge on any atom is 0.0583 e. The highest BCUT2D eigenvalue weighted by Crippen LogP contribution is 2.27. The van der Waals surface area contributed by atoms with E-state index in [-0.39, 0.29) is 6.04 Å². The topological polar surface area (TPSA) is 21.3 Å². The molecule has 78 valence electrons. The lowest BCUT2D eigenvalue weighted by Crippen LogP contribution is -2.19. The van der Waals surface area contributed by atoms with Gasteiger partial charge in [-0.05, 0) is 24.1 Å². The van der Waals surface area contributed by atoms with Crippen molar-refractivity contribution < 1.29 is 4.84 Å². The van der Waals surface area contributed by atoms with Gasteiger partial charge in [-0.1, -0.05) is 36.2 Å². The summed E-state index contributed by atoms with van der Waals surface area (Å²) in [5.74, 6) is 0. The number of hydrogen-bond acceptors (Lipinski definition) is 2. The Balaban J connectivity index is 2.92. The highest BCUT2D eigenvalue weighted by molar-refractivity contribution is 6.35. The summed E-state index contributed by atoms with van der Waals surface area (Å²) in [6.07, 6.45) is 0.898. The largest absolute Gasteiger partial charge is 0.305 e. The molecule has 0 aliphatic carbocycles. The van der Waals surface area contributed by atoms with Crippen molar-refractivity contribution in [2.75, 3.05) is 7.11 Å². The lowest BCUT2D eigenvalue weighted by atomic mass is 10.1. The number of benzene rings is 1. The van der Waals surface area contributed by atoms with E-state index in [9.17, 15) is 0 Å². The van der Waals surface area contributed by atoms with Crippen molar-refractivity contribution in [3.8, 4) is 0 Å². The van der Waals surface area contributed by atoms with Crippen molar-refractivity contribution >= 4 is 23.2 Å². The molecule has 1 aromatic carbocycles. The highest BCUT2D eigenvalue weighted by Gasteiger charge is 2.12. The van der Waals surface area contributed by atoms with E-state index < -0.39 is 0 Å². The minimum Gasteiger partial charge on any atom is -0.305 e. The van der Waals surface area contributed by atoms with Crippen LogP contribution in [-0.4, -0.2) is 7.11 Å². The molecule has 0 saturated carbocycles. The van der Waals surface area contributed by atoms with Crippen LogP contribution in [0, 0.1) is 0 Å². The van der Waals surface area contributed by atoms with Gasteiger partial charge in [0.1, 0.15) is 0 Å². The van der Waals surface area contributed by atoms with Gasteiger partial charge in [-0.2, -0.15) is 5.48 Å². The predicted octanol–water partition coefficient (Wildman–Crippen LogP) is 3.60. The van der Waals surface area contributed by atoms with Crippen molar-refractivity contribution in [2.45, 2.75) is 19.4 Å². The number of rotatable bonds is 4. The molecule has 1 rings (SSSR count). The monoisotopic (exact) mass is 233 g/mol. The van der Waals surface area contributed by atoms with Gasteiger partial charge in [-0.3, -0.25) is 0 Å². The minimum absolute atomic E-state index is 0.102. The Bertz CT molecular complexity index is 304. The average Bonchev–Trinajstić information content (AvgIpc) is 2.15. The molecule has 2 nitrogen and oxygen atoms in total. The van der Waals surface area contributed by atoms with E-state index in [0.717, 1.165) is 12.0 Å². The summed E-state index contributed by atoms with van der Waals surface area (Å²) in [6, 6.07) is 5.57. The number of hydroxylamine groups is 1. The van der Waals surface area contributed by atoms with Gasteiger partial charge in [-0.25, -0.2) is 0 Å². The fourth-order valence-corrected chi connectivity index (χ4v) is 1.83. The molecule has 1 N–H and O–H groups in total. The molecule has 1 atom stereocenters. The quantitative estimate of drug-likeness (QED) is 0.803. The second-order valence-corrected chi connectivity index (χ2v) is 3.79. The van der Waals surface area contributed by atoms with E-state index in [2.05, 4.69) is 12.4 Å². The van der Waals surface area contributed by atoms with Crippen molar-refractivity contribution in [3.05, 3.63) is 33.8 Å². The van der Waals surface area contributed by atoms with Gasteiger partial charge in [0.15, 0.2) is 0 Å². The maximum atomic E-state index is 6.06. The molecule has 0 aromatic heterocycles. The van der Waals surface area contributed by atoms with Crippen LogP contribution < -0.4 is 5.48 Å². The van der Waals surface area contributed by atoms with Gasteiger partial charge in [0.05, 0.1) is 13.2 Å². The summed E-state index contributed by atoms with van der Waals surface area (Å²) in [6.45, 7) is 2.06. The molecule has 0 aliphatic rings. The molecule has 0 aliphatic heterocycles. The summed E-state index contributed by atoms with van der Waals surface area (Å²) in [5.41, 5.74) is 3.88.